The van der Waals surface area contributed by atoms with Crippen molar-refractivity contribution in [1.82, 2.24) is 5.32 Å². The Hall–Kier alpha value is -0.780. The first-order valence-electron chi connectivity index (χ1n) is 20.9. The molecule has 0 unspecified atom stereocenters. The fraction of sp³-hybridized carbons (Fsp3) is 0.837. The highest BCUT2D eigenvalue weighted by Gasteiger charge is 2.13. The minimum Gasteiger partial charge on any atom is -0.427 e. The van der Waals surface area contributed by atoms with E-state index in [1.807, 2.05) is 29.1 Å². The first-order chi connectivity index (χ1) is 23.2. The molecule has 0 aliphatic heterocycles. The van der Waals surface area contributed by atoms with Gasteiger partial charge in [0.15, 0.2) is 23.0 Å². The van der Waals surface area contributed by atoms with Gasteiger partial charge in [0.2, 0.25) is 0 Å². The van der Waals surface area contributed by atoms with Crippen LogP contribution in [0, 0.1) is 0 Å². The fourth-order valence-corrected chi connectivity index (χ4v) is 7.21. The Morgan fingerprint density at radius 3 is 1.21 bits per heavy atom. The lowest BCUT2D eigenvalue weighted by Gasteiger charge is -2.11. The third-order valence-corrected chi connectivity index (χ3v) is 10.5. The van der Waals surface area contributed by atoms with Gasteiger partial charge in [0.25, 0.3) is 5.91 Å². The average Bonchev–Trinajstić information content (AvgIpc) is 3.09. The molecule has 0 saturated heterocycles. The quantitative estimate of drug-likeness (QED) is 0.0545. The van der Waals surface area contributed by atoms with Crippen LogP contribution in [0.3, 0.4) is 0 Å². The summed E-state index contributed by atoms with van der Waals surface area (Å²) in [5.41, 5.74) is 1.94. The van der Waals surface area contributed by atoms with Crippen LogP contribution < -0.4 is 8.38 Å². The van der Waals surface area contributed by atoms with Crippen molar-refractivity contribution in [2.45, 2.75) is 226 Å². The second-order valence-corrected chi connectivity index (χ2v) is 15.0. The van der Waals surface area contributed by atoms with Gasteiger partial charge in [-0.25, -0.2) is 0 Å². The molecule has 3 nitrogen and oxygen atoms in total. The van der Waals surface area contributed by atoms with Crippen LogP contribution in [0.15, 0.2) is 18.2 Å². The van der Waals surface area contributed by atoms with Crippen molar-refractivity contribution in [1.29, 1.82) is 0 Å². The molecular formula is C43H78INO2. The van der Waals surface area contributed by atoms with Gasteiger partial charge in [0.1, 0.15) is 5.75 Å². The third-order valence-electron chi connectivity index (χ3n) is 10.0. The van der Waals surface area contributed by atoms with E-state index in [0.29, 0.717) is 11.3 Å². The zero-order valence-electron chi connectivity index (χ0n) is 31.5. The SMILES string of the molecule is CCCCCCCCCCCCCCCCCCNC(=O)c1cc(CCCCCCCCCCCCCCCCCC)ccc1OI. The molecule has 1 aromatic rings. The number of carbonyl (C=O) groups excluding carboxylic acids is 1. The number of carbonyl (C=O) groups is 1. The van der Waals surface area contributed by atoms with Crippen molar-refractivity contribution in [3.63, 3.8) is 0 Å². The molecule has 1 rings (SSSR count). The predicted molar refractivity (Wildman–Crippen MR) is 216 cm³/mol. The van der Waals surface area contributed by atoms with Crippen LogP contribution in [-0.4, -0.2) is 12.5 Å². The van der Waals surface area contributed by atoms with Gasteiger partial charge in [-0.3, -0.25) is 4.79 Å². The number of amides is 1. The van der Waals surface area contributed by atoms with Crippen molar-refractivity contribution >= 4 is 28.9 Å². The van der Waals surface area contributed by atoms with Crippen LogP contribution in [0.25, 0.3) is 0 Å². The maximum Gasteiger partial charge on any atom is 0.255 e. The van der Waals surface area contributed by atoms with Crippen molar-refractivity contribution in [2.24, 2.45) is 0 Å². The molecule has 0 atom stereocenters. The standard InChI is InChI=1S/C43H78INO2/c1-3-5-7-9-11-13-15-17-19-21-23-25-27-29-31-33-35-40-36-37-42(47-44)41(39-40)43(46)45-38-34-32-30-28-26-24-22-20-18-16-14-12-10-8-6-4-2/h36-37,39H,3-35,38H2,1-2H3,(H,45,46). The number of nitrogens with one attached hydrogen (secondary N) is 1. The summed E-state index contributed by atoms with van der Waals surface area (Å²) < 4.78 is 5.50. The summed E-state index contributed by atoms with van der Waals surface area (Å²) in [7, 11) is 0. The smallest absolute Gasteiger partial charge is 0.255 e. The zero-order valence-corrected chi connectivity index (χ0v) is 33.6. The number of halogens is 1. The molecule has 0 saturated carbocycles. The van der Waals surface area contributed by atoms with Crippen molar-refractivity contribution < 1.29 is 7.86 Å². The average molecular weight is 768 g/mol. The van der Waals surface area contributed by atoms with Gasteiger partial charge in [-0.2, -0.15) is 0 Å². The Bertz CT molecular complexity index is 813. The molecule has 0 spiro atoms. The lowest BCUT2D eigenvalue weighted by Crippen LogP contribution is -2.24. The summed E-state index contributed by atoms with van der Waals surface area (Å²) in [5.74, 6) is 0.678. The van der Waals surface area contributed by atoms with Crippen LogP contribution >= 0.6 is 23.0 Å². The monoisotopic (exact) mass is 768 g/mol. The lowest BCUT2D eigenvalue weighted by molar-refractivity contribution is 0.0951. The maximum atomic E-state index is 13.0. The normalized spacial score (nSPS) is 11.3. The summed E-state index contributed by atoms with van der Waals surface area (Å²) in [6, 6.07) is 6.16. The van der Waals surface area contributed by atoms with Crippen LogP contribution in [-0.2, 0) is 6.42 Å². The lowest BCUT2D eigenvalue weighted by atomic mass is 10.0. The molecular weight excluding hydrogens is 689 g/mol. The van der Waals surface area contributed by atoms with Crippen LogP contribution in [0.4, 0.5) is 0 Å². The van der Waals surface area contributed by atoms with Gasteiger partial charge in [-0.1, -0.05) is 213 Å². The van der Waals surface area contributed by atoms with E-state index in [1.165, 1.54) is 205 Å². The van der Waals surface area contributed by atoms with Crippen LogP contribution in [0.5, 0.6) is 5.75 Å². The second kappa shape index (κ2) is 35.1. The highest BCUT2D eigenvalue weighted by atomic mass is 127. The van der Waals surface area contributed by atoms with Gasteiger partial charge in [-0.05, 0) is 37.0 Å². The highest BCUT2D eigenvalue weighted by Crippen LogP contribution is 2.24. The summed E-state index contributed by atoms with van der Waals surface area (Å²) in [6.45, 7) is 5.34. The Kier molecular flexibility index (Phi) is 33.0. The number of hydrogen-bond acceptors (Lipinski definition) is 2. The van der Waals surface area contributed by atoms with E-state index in [0.717, 1.165) is 19.4 Å². The Morgan fingerprint density at radius 1 is 0.511 bits per heavy atom. The first-order valence-corrected chi connectivity index (χ1v) is 21.8. The Morgan fingerprint density at radius 2 is 0.851 bits per heavy atom. The number of unbranched alkanes of at least 4 members (excludes halogenated alkanes) is 30. The van der Waals surface area contributed by atoms with E-state index in [1.54, 1.807) is 0 Å². The minimum absolute atomic E-state index is 0.00597. The van der Waals surface area contributed by atoms with E-state index >= 15 is 0 Å². The number of aryl methyl sites for hydroxylation is 1. The van der Waals surface area contributed by atoms with E-state index in [9.17, 15) is 4.79 Å². The topological polar surface area (TPSA) is 38.3 Å². The molecule has 0 aliphatic rings. The van der Waals surface area contributed by atoms with Crippen molar-refractivity contribution in [3.8, 4) is 5.75 Å². The number of hydrogen-bond donors (Lipinski definition) is 1. The predicted octanol–water partition coefficient (Wildman–Crippen LogP) is 15.2. The van der Waals surface area contributed by atoms with Crippen LogP contribution in [0.2, 0.25) is 0 Å². The largest absolute Gasteiger partial charge is 0.427 e. The summed E-state index contributed by atoms with van der Waals surface area (Å²) in [5, 5.41) is 3.15. The van der Waals surface area contributed by atoms with Gasteiger partial charge in [0.05, 0.1) is 5.56 Å². The van der Waals surface area contributed by atoms with Crippen molar-refractivity contribution in [3.05, 3.63) is 29.3 Å². The molecule has 0 heterocycles. The molecule has 0 radical (unpaired) electrons. The van der Waals surface area contributed by atoms with E-state index in [2.05, 4.69) is 31.3 Å². The Balaban J connectivity index is 2.02. The van der Waals surface area contributed by atoms with Gasteiger partial charge >= 0.3 is 0 Å². The summed E-state index contributed by atoms with van der Waals surface area (Å²) in [6.07, 6.45) is 45.2. The Labute approximate surface area is 308 Å². The molecule has 1 aromatic carbocycles. The molecule has 274 valence electrons. The molecule has 0 bridgehead atoms. The number of rotatable bonds is 36. The van der Waals surface area contributed by atoms with Gasteiger partial charge < -0.3 is 8.38 Å². The molecule has 0 aliphatic carbocycles. The molecule has 1 amide bonds. The van der Waals surface area contributed by atoms with E-state index in [4.69, 9.17) is 3.07 Å². The number of benzene rings is 1. The van der Waals surface area contributed by atoms with E-state index in [-0.39, 0.29) is 5.91 Å². The molecule has 4 heteroatoms. The fourth-order valence-electron chi connectivity index (χ4n) is 6.82. The van der Waals surface area contributed by atoms with E-state index < -0.39 is 0 Å². The van der Waals surface area contributed by atoms with Crippen molar-refractivity contribution in [2.75, 3.05) is 6.54 Å². The summed E-state index contributed by atoms with van der Waals surface area (Å²) >= 11 is 1.89. The molecule has 0 aromatic heterocycles. The van der Waals surface area contributed by atoms with Crippen LogP contribution in [0.1, 0.15) is 235 Å². The minimum atomic E-state index is 0.00597. The van der Waals surface area contributed by atoms with Gasteiger partial charge in [-0.15, -0.1) is 0 Å². The highest BCUT2D eigenvalue weighted by molar-refractivity contribution is 14.1. The van der Waals surface area contributed by atoms with Gasteiger partial charge in [0, 0.05) is 6.54 Å². The zero-order chi connectivity index (χ0) is 33.9. The maximum absolute atomic E-state index is 13.0. The molecule has 0 fully saturated rings. The second-order valence-electron chi connectivity index (χ2n) is 14.5. The first kappa shape index (κ1) is 44.2. The molecule has 1 N–H and O–H groups in total. The third kappa shape index (κ3) is 27.7. The molecule has 47 heavy (non-hydrogen) atoms. The summed E-state index contributed by atoms with van der Waals surface area (Å²) in [4.78, 5) is 13.0.